The summed E-state index contributed by atoms with van der Waals surface area (Å²) >= 11 is 0. The summed E-state index contributed by atoms with van der Waals surface area (Å²) in [5, 5.41) is 4.29. The standard InChI is InChI=1S/C40H23N5O2/c1-2-12-24(13-3-1)39-41-31-20-11-19-30(36(31)47-39)38-42-37(29-18-10-17-28-27-16-6-9-23-34(27)46-35(28)29)43-40(44-38)45-32-21-7-4-14-25(32)26-15-5-8-22-33(26)45/h1-23H. The van der Waals surface area contributed by atoms with Crippen molar-refractivity contribution in [2.45, 2.75) is 0 Å². The lowest BCUT2D eigenvalue weighted by Gasteiger charge is -2.11. The van der Waals surface area contributed by atoms with Gasteiger partial charge in [-0.15, -0.1) is 0 Å². The molecule has 0 fully saturated rings. The SMILES string of the molecule is c1ccc(-c2nc3cccc(-c4nc(-c5cccc6c5oc5ccccc56)nc(-n5c6ccccc6c6ccccc65)n4)c3o2)cc1. The van der Waals surface area contributed by atoms with Gasteiger partial charge in [0, 0.05) is 27.1 Å². The number of aromatic nitrogens is 5. The molecule has 10 aromatic rings. The van der Waals surface area contributed by atoms with Crippen molar-refractivity contribution in [2.24, 2.45) is 0 Å². The van der Waals surface area contributed by atoms with E-state index in [1.807, 2.05) is 91.0 Å². The van der Waals surface area contributed by atoms with Crippen molar-refractivity contribution in [3.63, 3.8) is 0 Å². The fraction of sp³-hybridized carbons (Fsp3) is 0. The second-order valence-corrected chi connectivity index (χ2v) is 11.5. The van der Waals surface area contributed by atoms with E-state index in [2.05, 4.69) is 53.1 Å². The maximum atomic E-state index is 6.44. The van der Waals surface area contributed by atoms with Crippen LogP contribution in [-0.4, -0.2) is 24.5 Å². The Labute approximate surface area is 267 Å². The molecule has 0 unspecified atom stereocenters. The number of nitrogens with zero attached hydrogens (tertiary/aromatic N) is 5. The predicted octanol–water partition coefficient (Wildman–Crippen LogP) is 10.0. The summed E-state index contributed by atoms with van der Waals surface area (Å²) in [6, 6.07) is 46.6. The highest BCUT2D eigenvalue weighted by Gasteiger charge is 2.22. The second kappa shape index (κ2) is 9.95. The van der Waals surface area contributed by atoms with E-state index in [0.29, 0.717) is 29.1 Å². The van der Waals surface area contributed by atoms with Crippen LogP contribution in [0.3, 0.4) is 0 Å². The summed E-state index contributed by atoms with van der Waals surface area (Å²) in [5.74, 6) is 2.00. The van der Waals surface area contributed by atoms with Crippen LogP contribution in [0.25, 0.3) is 95.0 Å². The second-order valence-electron chi connectivity index (χ2n) is 11.5. The minimum Gasteiger partial charge on any atom is -0.455 e. The van der Waals surface area contributed by atoms with Gasteiger partial charge in [-0.2, -0.15) is 9.97 Å². The lowest BCUT2D eigenvalue weighted by Crippen LogP contribution is -2.06. The van der Waals surface area contributed by atoms with Crippen LogP contribution in [0.1, 0.15) is 0 Å². The molecule has 0 spiro atoms. The van der Waals surface area contributed by atoms with E-state index >= 15 is 0 Å². The van der Waals surface area contributed by atoms with Gasteiger partial charge in [0.15, 0.2) is 17.2 Å². The first-order chi connectivity index (χ1) is 23.3. The Bertz CT molecular complexity index is 2760. The Balaban J connectivity index is 1.28. The van der Waals surface area contributed by atoms with Gasteiger partial charge < -0.3 is 8.83 Å². The Hall–Kier alpha value is -6.60. The first kappa shape index (κ1) is 25.7. The van der Waals surface area contributed by atoms with Crippen LogP contribution >= 0.6 is 0 Å². The molecule has 4 heterocycles. The van der Waals surface area contributed by atoms with Crippen molar-refractivity contribution in [1.29, 1.82) is 0 Å². The Morgan fingerprint density at radius 1 is 0.426 bits per heavy atom. The number of furan rings is 1. The largest absolute Gasteiger partial charge is 0.455 e. The highest BCUT2D eigenvalue weighted by Crippen LogP contribution is 2.38. The van der Waals surface area contributed by atoms with Crippen LogP contribution in [-0.2, 0) is 0 Å². The van der Waals surface area contributed by atoms with E-state index in [1.54, 1.807) is 0 Å². The fourth-order valence-corrected chi connectivity index (χ4v) is 6.60. The quantitative estimate of drug-likeness (QED) is 0.199. The van der Waals surface area contributed by atoms with Crippen LogP contribution in [0.4, 0.5) is 0 Å². The van der Waals surface area contributed by atoms with E-state index in [4.69, 9.17) is 28.8 Å². The van der Waals surface area contributed by atoms with E-state index in [9.17, 15) is 0 Å². The van der Waals surface area contributed by atoms with Gasteiger partial charge in [-0.25, -0.2) is 9.97 Å². The molecule has 0 saturated carbocycles. The number of rotatable bonds is 4. The third kappa shape index (κ3) is 3.93. The minimum absolute atomic E-state index is 0.473. The van der Waals surface area contributed by atoms with Gasteiger partial charge in [0.05, 0.1) is 22.2 Å². The van der Waals surface area contributed by atoms with Gasteiger partial charge >= 0.3 is 0 Å². The zero-order valence-corrected chi connectivity index (χ0v) is 24.8. The summed E-state index contributed by atoms with van der Waals surface area (Å²) in [5.41, 5.74) is 7.27. The molecule has 4 aromatic heterocycles. The van der Waals surface area contributed by atoms with Gasteiger partial charge in [0.2, 0.25) is 11.8 Å². The van der Waals surface area contributed by atoms with Crippen molar-refractivity contribution in [3.8, 4) is 40.2 Å². The molecule has 47 heavy (non-hydrogen) atoms. The van der Waals surface area contributed by atoms with E-state index < -0.39 is 0 Å². The molecule has 0 N–H and O–H groups in total. The molecular weight excluding hydrogens is 582 g/mol. The Kier molecular flexibility index (Phi) is 5.44. The summed E-state index contributed by atoms with van der Waals surface area (Å²) in [4.78, 5) is 20.2. The lowest BCUT2D eigenvalue weighted by atomic mass is 10.1. The van der Waals surface area contributed by atoms with Gasteiger partial charge in [-0.05, 0) is 48.5 Å². The van der Waals surface area contributed by atoms with Crippen molar-refractivity contribution >= 4 is 54.8 Å². The molecule has 0 aliphatic heterocycles. The molecule has 0 bridgehead atoms. The van der Waals surface area contributed by atoms with Gasteiger partial charge in [0.1, 0.15) is 16.7 Å². The molecule has 7 heteroatoms. The molecular formula is C40H23N5O2. The molecule has 7 nitrogen and oxygen atoms in total. The minimum atomic E-state index is 0.473. The van der Waals surface area contributed by atoms with E-state index in [1.165, 1.54) is 0 Å². The van der Waals surface area contributed by atoms with E-state index in [-0.39, 0.29) is 0 Å². The molecule has 0 radical (unpaired) electrons. The molecule has 10 rings (SSSR count). The highest BCUT2D eigenvalue weighted by molar-refractivity contribution is 6.10. The van der Waals surface area contributed by atoms with Gasteiger partial charge in [-0.3, -0.25) is 4.57 Å². The topological polar surface area (TPSA) is 82.8 Å². The van der Waals surface area contributed by atoms with Crippen LogP contribution in [0.5, 0.6) is 0 Å². The van der Waals surface area contributed by atoms with Crippen molar-refractivity contribution < 1.29 is 8.83 Å². The number of hydrogen-bond donors (Lipinski definition) is 0. The smallest absolute Gasteiger partial charge is 0.238 e. The number of fused-ring (bicyclic) bond motifs is 7. The predicted molar refractivity (Wildman–Crippen MR) is 185 cm³/mol. The Morgan fingerprint density at radius 2 is 1.02 bits per heavy atom. The summed E-state index contributed by atoms with van der Waals surface area (Å²) in [6.45, 7) is 0. The van der Waals surface area contributed by atoms with Gasteiger partial charge in [-0.1, -0.05) is 91.0 Å². The number of para-hydroxylation sites is 5. The molecule has 0 saturated heterocycles. The molecule has 0 atom stereocenters. The first-order valence-electron chi connectivity index (χ1n) is 15.4. The lowest BCUT2D eigenvalue weighted by molar-refractivity contribution is 0.620. The molecule has 0 amide bonds. The third-order valence-electron chi connectivity index (χ3n) is 8.73. The van der Waals surface area contributed by atoms with Crippen molar-refractivity contribution in [2.75, 3.05) is 0 Å². The summed E-state index contributed by atoms with van der Waals surface area (Å²) in [7, 11) is 0. The third-order valence-corrected chi connectivity index (χ3v) is 8.73. The monoisotopic (exact) mass is 605 g/mol. The normalized spacial score (nSPS) is 11.8. The average Bonchev–Trinajstić information content (AvgIpc) is 3.84. The number of oxazole rings is 1. The number of hydrogen-bond acceptors (Lipinski definition) is 6. The summed E-state index contributed by atoms with van der Waals surface area (Å²) in [6.07, 6.45) is 0. The number of benzene rings is 6. The zero-order valence-electron chi connectivity index (χ0n) is 24.8. The van der Waals surface area contributed by atoms with Crippen LogP contribution in [0.2, 0.25) is 0 Å². The van der Waals surface area contributed by atoms with Crippen LogP contribution < -0.4 is 0 Å². The molecule has 6 aromatic carbocycles. The summed E-state index contributed by atoms with van der Waals surface area (Å²) < 4.78 is 15.0. The molecule has 0 aliphatic carbocycles. The average molecular weight is 606 g/mol. The molecule has 0 aliphatic rings. The van der Waals surface area contributed by atoms with Crippen LogP contribution in [0.15, 0.2) is 148 Å². The molecule has 220 valence electrons. The van der Waals surface area contributed by atoms with Gasteiger partial charge in [0.25, 0.3) is 0 Å². The highest BCUT2D eigenvalue weighted by atomic mass is 16.3. The van der Waals surface area contributed by atoms with E-state index in [0.717, 1.165) is 66.0 Å². The maximum Gasteiger partial charge on any atom is 0.238 e. The maximum absolute atomic E-state index is 6.44. The Morgan fingerprint density at radius 3 is 1.77 bits per heavy atom. The van der Waals surface area contributed by atoms with Crippen LogP contribution in [0, 0.1) is 0 Å². The fourth-order valence-electron chi connectivity index (χ4n) is 6.60. The van der Waals surface area contributed by atoms with Crippen molar-refractivity contribution in [3.05, 3.63) is 140 Å². The van der Waals surface area contributed by atoms with Crippen molar-refractivity contribution in [1.82, 2.24) is 24.5 Å². The zero-order chi connectivity index (χ0) is 30.9. The first-order valence-corrected chi connectivity index (χ1v) is 15.4.